The summed E-state index contributed by atoms with van der Waals surface area (Å²) in [5.41, 5.74) is 1.78. The lowest BCUT2D eigenvalue weighted by molar-refractivity contribution is -0.188. The minimum absolute atomic E-state index is 0.0254. The second kappa shape index (κ2) is 16.2. The van der Waals surface area contributed by atoms with Crippen molar-refractivity contribution in [2.24, 2.45) is 11.8 Å². The minimum Gasteiger partial charge on any atom is -0.478 e. The van der Waals surface area contributed by atoms with Crippen LogP contribution in [0.2, 0.25) is 10.0 Å². The van der Waals surface area contributed by atoms with Crippen LogP contribution in [0, 0.1) is 11.8 Å². The van der Waals surface area contributed by atoms with Gasteiger partial charge >= 0.3 is 11.9 Å². The van der Waals surface area contributed by atoms with Gasteiger partial charge in [0.05, 0.1) is 39.5 Å². The average molecular weight is 976 g/mol. The van der Waals surface area contributed by atoms with E-state index in [0.29, 0.717) is 93.8 Å². The largest absolute Gasteiger partial charge is 0.478 e. The van der Waals surface area contributed by atoms with Gasteiger partial charge in [0, 0.05) is 66.3 Å². The molecule has 9 aliphatic rings. The summed E-state index contributed by atoms with van der Waals surface area (Å²) < 4.78 is 25.2. The molecule has 2 N–H and O–H groups in total. The van der Waals surface area contributed by atoms with Gasteiger partial charge in [-0.2, -0.15) is 0 Å². The third-order valence-electron chi connectivity index (χ3n) is 17.7. The van der Waals surface area contributed by atoms with Crippen LogP contribution in [-0.2, 0) is 56.7 Å². The summed E-state index contributed by atoms with van der Waals surface area (Å²) in [7, 11) is 0. The van der Waals surface area contributed by atoms with Gasteiger partial charge in [0.1, 0.15) is 0 Å². The maximum atomic E-state index is 13.8. The number of hydrogen-bond donors (Lipinski definition) is 2. The van der Waals surface area contributed by atoms with Crippen molar-refractivity contribution in [3.05, 3.63) is 92.0 Å². The van der Waals surface area contributed by atoms with E-state index in [9.17, 15) is 29.4 Å². The van der Waals surface area contributed by atoms with Crippen molar-refractivity contribution in [3.63, 3.8) is 0 Å². The summed E-state index contributed by atoms with van der Waals surface area (Å²) in [6, 6.07) is 14.2. The molecule has 360 valence electrons. The Morgan fingerprint density at radius 1 is 0.681 bits per heavy atom. The molecule has 12 nitrogen and oxygen atoms in total. The number of rotatable bonds is 10. The predicted octanol–water partition coefficient (Wildman–Crippen LogP) is 7.39. The second-order valence-electron chi connectivity index (χ2n) is 21.8. The molecule has 0 radical (unpaired) electrons. The molecule has 0 unspecified atom stereocenters. The molecular weight excluding hydrogens is 920 g/mol. The van der Waals surface area contributed by atoms with Crippen molar-refractivity contribution >= 4 is 57.5 Å². The molecule has 4 aromatic rings. The molecule has 4 saturated carbocycles. The first-order valence-corrected chi connectivity index (χ1v) is 26.0. The summed E-state index contributed by atoms with van der Waals surface area (Å²) >= 11 is 14.0. The molecule has 4 aromatic carbocycles. The van der Waals surface area contributed by atoms with Crippen LogP contribution in [0.4, 0.5) is 0 Å². The first-order chi connectivity index (χ1) is 33.3. The topological polar surface area (TPSA) is 152 Å². The third kappa shape index (κ3) is 7.12. The van der Waals surface area contributed by atoms with Crippen LogP contribution in [0.15, 0.2) is 48.5 Å². The zero-order valence-corrected chi connectivity index (χ0v) is 40.0. The Balaban J connectivity index is 0.725. The summed E-state index contributed by atoms with van der Waals surface area (Å²) in [5.74, 6) is 1.37. The Labute approximate surface area is 410 Å². The van der Waals surface area contributed by atoms with Gasteiger partial charge < -0.3 is 29.2 Å². The molecule has 4 heterocycles. The van der Waals surface area contributed by atoms with Crippen LogP contribution in [0.25, 0.3) is 10.8 Å². The van der Waals surface area contributed by atoms with Crippen molar-refractivity contribution in [2.45, 2.75) is 144 Å². The van der Waals surface area contributed by atoms with Crippen molar-refractivity contribution in [3.8, 4) is 23.0 Å². The summed E-state index contributed by atoms with van der Waals surface area (Å²) in [6.07, 6.45) is 7.74. The number of piperidine rings is 1. The molecule has 4 aliphatic heterocycles. The van der Waals surface area contributed by atoms with Gasteiger partial charge in [0.15, 0.2) is 46.8 Å². The van der Waals surface area contributed by atoms with E-state index >= 15 is 0 Å². The molecular formula is C55H56Cl2N2O10. The van der Waals surface area contributed by atoms with Gasteiger partial charge in [0.2, 0.25) is 0 Å². The summed E-state index contributed by atoms with van der Waals surface area (Å²) in [5, 5.41) is 26.7. The molecule has 7 atom stereocenters. The summed E-state index contributed by atoms with van der Waals surface area (Å²) in [6.45, 7) is 3.53. The maximum Gasteiger partial charge on any atom is 0.315 e. The smallest absolute Gasteiger partial charge is 0.315 e. The first-order valence-electron chi connectivity index (χ1n) is 25.2. The van der Waals surface area contributed by atoms with E-state index < -0.39 is 40.8 Å². The van der Waals surface area contributed by atoms with Crippen LogP contribution < -0.4 is 18.9 Å². The third-order valence-corrected chi connectivity index (χ3v) is 18.6. The molecule has 0 aromatic heterocycles. The Bertz CT molecular complexity index is 2900. The number of benzene rings is 4. The highest BCUT2D eigenvalue weighted by Crippen LogP contribution is 2.65. The summed E-state index contributed by atoms with van der Waals surface area (Å²) in [4.78, 5) is 59.4. The van der Waals surface area contributed by atoms with Gasteiger partial charge in [-0.15, -0.1) is 0 Å². The standard InChI is InChI=1S/C55H56Cl2N2O10/c56-48-33(24-45(62)66-40-13-9-31-22-43-53(64)17-15-38(60)42(26-53)68-50(40)35(31)2-1-20-58(43)27-29-3-4-29)7-11-37-36(48)12-8-34(49(37)57)25-46(63)67-41-14-10-32-23-44-55(65)18-16-39(61)52-54(55,47(32)51(41)69-52)19-21-59(44)28-30-5-6-30/h7-14,29-30,42-44,52,64-65H,1-6,15-28H2/t42-,43-,44-,52+,53+,54+,55-/m1/s1. The Morgan fingerprint density at radius 2 is 1.29 bits per heavy atom. The number of hydrogen-bond acceptors (Lipinski definition) is 12. The molecule has 1 saturated heterocycles. The van der Waals surface area contributed by atoms with Gasteiger partial charge in [0.25, 0.3) is 0 Å². The highest BCUT2D eigenvalue weighted by atomic mass is 35.5. The predicted molar refractivity (Wildman–Crippen MR) is 256 cm³/mol. The SMILES string of the molecule is O=C(Cc1ccc2c(Cl)c(CC(=O)Oc3ccc4c5c3O[C@H]3C(=O)CC[C@@]6(O)[C@@H](C4)N(CC4CC4)CC[C@]536)ccc2c1Cl)Oc1ccc2c3c1O[C@@H]1C[C@@](O)(CCC1=O)[C@@H](C2)N(CC1CC1)CCC3. The van der Waals surface area contributed by atoms with Crippen LogP contribution >= 0.6 is 23.2 Å². The highest BCUT2D eigenvalue weighted by Gasteiger charge is 2.73. The quantitative estimate of drug-likeness (QED) is 0.121. The number of Topliss-reactive ketones (excluding diaryl/α,β-unsaturated/α-hetero) is 2. The zero-order valence-electron chi connectivity index (χ0n) is 38.5. The molecule has 5 fully saturated rings. The first kappa shape index (κ1) is 44.4. The lowest BCUT2D eigenvalue weighted by Gasteiger charge is -2.62. The van der Waals surface area contributed by atoms with Crippen LogP contribution in [-0.4, -0.2) is 105 Å². The van der Waals surface area contributed by atoms with E-state index in [0.717, 1.165) is 54.9 Å². The van der Waals surface area contributed by atoms with E-state index in [-0.39, 0.29) is 67.3 Å². The zero-order chi connectivity index (χ0) is 47.1. The molecule has 69 heavy (non-hydrogen) atoms. The van der Waals surface area contributed by atoms with Crippen molar-refractivity contribution in [1.29, 1.82) is 0 Å². The van der Waals surface area contributed by atoms with Gasteiger partial charge in [-0.25, -0.2) is 0 Å². The van der Waals surface area contributed by atoms with Gasteiger partial charge in [-0.1, -0.05) is 59.6 Å². The number of esters is 2. The number of ketones is 2. The normalized spacial score (nSPS) is 31.1. The molecule has 13 rings (SSSR count). The van der Waals surface area contributed by atoms with Crippen molar-refractivity contribution in [1.82, 2.24) is 9.80 Å². The number of halogens is 2. The Morgan fingerprint density at radius 3 is 1.96 bits per heavy atom. The van der Waals surface area contributed by atoms with Gasteiger partial charge in [-0.3, -0.25) is 29.0 Å². The van der Waals surface area contributed by atoms with Crippen molar-refractivity contribution < 1.29 is 48.3 Å². The van der Waals surface area contributed by atoms with Crippen LogP contribution in [0.1, 0.15) is 104 Å². The number of carbonyl (C=O) groups is 4. The lowest BCUT2D eigenvalue weighted by Crippen LogP contribution is -2.76. The molecule has 14 heteroatoms. The monoisotopic (exact) mass is 974 g/mol. The Kier molecular flexibility index (Phi) is 10.4. The minimum atomic E-state index is -1.13. The number of fused-ring (bicyclic) bond motifs is 5. The van der Waals surface area contributed by atoms with Crippen molar-refractivity contribution in [2.75, 3.05) is 26.2 Å². The maximum absolute atomic E-state index is 13.8. The van der Waals surface area contributed by atoms with Gasteiger partial charge in [-0.05, 0) is 130 Å². The molecule has 8 bridgehead atoms. The highest BCUT2D eigenvalue weighted by molar-refractivity contribution is 6.40. The lowest BCUT2D eigenvalue weighted by atomic mass is 9.49. The molecule has 1 spiro atoms. The molecule has 0 amide bonds. The van der Waals surface area contributed by atoms with E-state index in [1.807, 2.05) is 12.1 Å². The van der Waals surface area contributed by atoms with E-state index in [4.69, 9.17) is 42.1 Å². The van der Waals surface area contributed by atoms with E-state index in [1.165, 1.54) is 25.7 Å². The van der Waals surface area contributed by atoms with Crippen LogP contribution in [0.3, 0.4) is 0 Å². The van der Waals surface area contributed by atoms with E-state index in [2.05, 4.69) is 9.80 Å². The second-order valence-corrected chi connectivity index (χ2v) is 22.6. The number of nitrogens with zero attached hydrogens (tertiary/aromatic N) is 2. The Hall–Kier alpha value is -4.56. The number of aliphatic hydroxyl groups is 2. The fraction of sp³-hybridized carbons (Fsp3) is 0.527. The fourth-order valence-corrected chi connectivity index (χ4v) is 14.5. The fourth-order valence-electron chi connectivity index (χ4n) is 13.9. The average Bonchev–Trinajstić information content (AvgIpc) is 4.26. The van der Waals surface area contributed by atoms with Crippen LogP contribution in [0.5, 0.6) is 23.0 Å². The number of ether oxygens (including phenoxy) is 4. The van der Waals surface area contributed by atoms with E-state index in [1.54, 1.807) is 36.4 Å². The molecule has 5 aliphatic carbocycles. The number of likely N-dealkylation sites (tertiary alicyclic amines) is 1. The number of carbonyl (C=O) groups excluding carboxylic acids is 4.